The number of rotatable bonds is 1. The third-order valence-electron chi connectivity index (χ3n) is 7.97. The zero-order valence-corrected chi connectivity index (χ0v) is 20.3. The van der Waals surface area contributed by atoms with Gasteiger partial charge in [0.15, 0.2) is 0 Å². The van der Waals surface area contributed by atoms with Crippen LogP contribution in [0.4, 0.5) is 0 Å². The van der Waals surface area contributed by atoms with E-state index in [1.54, 1.807) is 0 Å². The molecule has 10 aromatic rings. The summed E-state index contributed by atoms with van der Waals surface area (Å²) in [6, 6.07) is 27.0. The largest absolute Gasteiger partial charge is 0.276 e. The van der Waals surface area contributed by atoms with Gasteiger partial charge in [-0.2, -0.15) is 0 Å². The first kappa shape index (κ1) is 15.7. The number of hydrogen-bond acceptors (Lipinski definition) is 2. The van der Waals surface area contributed by atoms with Gasteiger partial charge in [-0.05, 0) is 69.1 Å². The molecule has 0 spiro atoms. The summed E-state index contributed by atoms with van der Waals surface area (Å²) >= 11 is 0. The summed E-state index contributed by atoms with van der Waals surface area (Å²) in [5.41, 5.74) is 6.72. The average Bonchev–Trinajstić information content (AvgIpc) is 3.75. The molecular formula is C34H19N5. The first-order valence-electron chi connectivity index (χ1n) is 15.3. The summed E-state index contributed by atoms with van der Waals surface area (Å²) in [6.07, 6.45) is 0. The van der Waals surface area contributed by atoms with Crippen molar-refractivity contribution in [3.63, 3.8) is 0 Å². The fourth-order valence-corrected chi connectivity index (χ4v) is 6.28. The lowest BCUT2D eigenvalue weighted by molar-refractivity contribution is 1.15. The zero-order valence-electron chi connectivity index (χ0n) is 25.3. The van der Waals surface area contributed by atoms with Crippen LogP contribution >= 0.6 is 0 Å². The minimum absolute atomic E-state index is 0.160. The highest BCUT2D eigenvalue weighted by atomic mass is 15.3. The number of imidazole rings is 4. The molecule has 0 radical (unpaired) electrons. The monoisotopic (exact) mass is 502 g/mol. The van der Waals surface area contributed by atoms with Crippen molar-refractivity contribution in [2.24, 2.45) is 0 Å². The maximum Gasteiger partial charge on any atom is 0.223 e. The van der Waals surface area contributed by atoms with Crippen LogP contribution in [0.3, 0.4) is 0 Å². The Kier molecular flexibility index (Phi) is 2.71. The number of benzene rings is 6. The molecule has 4 heterocycles. The Bertz CT molecular complexity index is 2710. The van der Waals surface area contributed by atoms with E-state index in [2.05, 4.69) is 61.7 Å². The van der Waals surface area contributed by atoms with Gasteiger partial charge in [-0.1, -0.05) is 78.7 Å². The van der Waals surface area contributed by atoms with E-state index >= 15 is 0 Å². The Morgan fingerprint density at radius 2 is 0.974 bits per heavy atom. The topological polar surface area (TPSA) is 39.0 Å². The SMILES string of the molecule is [2H]c1c([2H])c([2H])c(-c2cc3c4c(c2)n2c5cc6ccccc6cc5nc2n4c2nc4cc5ccccc5cc4n32)c([2H])c1[2H]. The predicted molar refractivity (Wildman–Crippen MR) is 159 cm³/mol. The van der Waals surface area contributed by atoms with Crippen LogP contribution in [0.2, 0.25) is 0 Å². The molecule has 5 heteroatoms. The number of nitrogens with zero attached hydrogens (tertiary/aromatic N) is 5. The Morgan fingerprint density at radius 3 is 1.49 bits per heavy atom. The van der Waals surface area contributed by atoms with Crippen molar-refractivity contribution in [1.82, 2.24) is 23.2 Å². The third kappa shape index (κ3) is 2.40. The maximum absolute atomic E-state index is 8.76. The fraction of sp³-hybridized carbons (Fsp3) is 0. The van der Waals surface area contributed by atoms with Crippen LogP contribution in [0.5, 0.6) is 0 Å². The summed E-state index contributed by atoms with van der Waals surface area (Å²) in [7, 11) is 0. The fourth-order valence-electron chi connectivity index (χ4n) is 6.28. The van der Waals surface area contributed by atoms with Crippen LogP contribution in [0.15, 0.2) is 115 Å². The van der Waals surface area contributed by atoms with Gasteiger partial charge in [-0.25, -0.2) is 14.4 Å². The van der Waals surface area contributed by atoms with Gasteiger partial charge in [0.2, 0.25) is 11.6 Å². The van der Waals surface area contributed by atoms with Crippen molar-refractivity contribution < 1.29 is 6.85 Å². The minimum atomic E-state index is -0.412. The van der Waals surface area contributed by atoms with E-state index < -0.39 is 6.04 Å². The van der Waals surface area contributed by atoms with Crippen LogP contribution in [0.25, 0.3) is 82.8 Å². The predicted octanol–water partition coefficient (Wildman–Crippen LogP) is 8.11. The van der Waals surface area contributed by atoms with Crippen LogP contribution in [-0.2, 0) is 0 Å². The Hall–Kier alpha value is -5.42. The molecule has 0 fully saturated rings. The molecule has 0 N–H and O–H groups in total. The normalized spacial score (nSPS) is 14.4. The highest BCUT2D eigenvalue weighted by Gasteiger charge is 2.24. The molecule has 10 rings (SSSR count). The molecule has 0 atom stereocenters. The van der Waals surface area contributed by atoms with E-state index in [0.717, 1.165) is 60.2 Å². The van der Waals surface area contributed by atoms with E-state index in [1.165, 1.54) is 0 Å². The van der Waals surface area contributed by atoms with Crippen LogP contribution in [0, 0.1) is 0 Å². The molecule has 0 bridgehead atoms. The zero-order chi connectivity index (χ0) is 29.6. The molecule has 0 saturated carbocycles. The smallest absolute Gasteiger partial charge is 0.223 e. The highest BCUT2D eigenvalue weighted by Crippen LogP contribution is 2.38. The lowest BCUT2D eigenvalue weighted by Gasteiger charge is -2.05. The van der Waals surface area contributed by atoms with Crippen LogP contribution < -0.4 is 0 Å². The number of aromatic nitrogens is 5. The summed E-state index contributed by atoms with van der Waals surface area (Å²) in [6.45, 7) is 0. The number of fused-ring (bicyclic) bond motifs is 12. The Labute approximate surface area is 228 Å². The van der Waals surface area contributed by atoms with Crippen molar-refractivity contribution in [3.05, 3.63) is 115 Å². The third-order valence-corrected chi connectivity index (χ3v) is 7.97. The second-order valence-corrected chi connectivity index (χ2v) is 10.1. The number of hydrogen-bond donors (Lipinski definition) is 0. The summed E-state index contributed by atoms with van der Waals surface area (Å²) in [5, 5.41) is 4.35. The van der Waals surface area contributed by atoms with Crippen molar-refractivity contribution >= 4 is 71.7 Å². The summed E-state index contributed by atoms with van der Waals surface area (Å²) < 4.78 is 48.6. The van der Waals surface area contributed by atoms with Gasteiger partial charge in [0.05, 0.1) is 40.0 Å². The van der Waals surface area contributed by atoms with Gasteiger partial charge in [0.25, 0.3) is 0 Å². The van der Waals surface area contributed by atoms with Crippen LogP contribution in [-0.4, -0.2) is 23.2 Å². The molecule has 0 aliphatic heterocycles. The summed E-state index contributed by atoms with van der Waals surface area (Å²) in [4.78, 5) is 10.2. The highest BCUT2D eigenvalue weighted by molar-refractivity contribution is 6.08. The minimum Gasteiger partial charge on any atom is -0.276 e. The van der Waals surface area contributed by atoms with Gasteiger partial charge in [0.1, 0.15) is 5.52 Å². The van der Waals surface area contributed by atoms with Gasteiger partial charge < -0.3 is 0 Å². The van der Waals surface area contributed by atoms with Gasteiger partial charge in [-0.3, -0.25) is 8.80 Å². The Morgan fingerprint density at radius 1 is 0.487 bits per heavy atom. The quantitative estimate of drug-likeness (QED) is 0.227. The molecule has 4 aromatic heterocycles. The second kappa shape index (κ2) is 6.71. The molecule has 0 aliphatic rings. The van der Waals surface area contributed by atoms with E-state index in [4.69, 9.17) is 16.8 Å². The second-order valence-electron chi connectivity index (χ2n) is 10.1. The standard InChI is InChI=1S/C34H19N5/c1-2-8-20(9-3-1)25-18-30-32-31(19-25)38-29-17-24-13-7-5-11-22(24)15-27(29)36-34(38)39(32)33-35-26-14-21-10-4-6-12-23(21)16-28(26)37(30)33/h1-19H/i1D,2D,3D,8D,9D. The van der Waals surface area contributed by atoms with E-state index in [-0.39, 0.29) is 29.7 Å². The molecule has 6 aromatic carbocycles. The molecule has 0 aliphatic carbocycles. The van der Waals surface area contributed by atoms with E-state index in [0.29, 0.717) is 17.1 Å². The first-order chi connectivity index (χ1) is 21.4. The molecule has 0 unspecified atom stereocenters. The molecule has 5 nitrogen and oxygen atoms in total. The molecule has 0 saturated heterocycles. The van der Waals surface area contributed by atoms with Crippen LogP contribution in [0.1, 0.15) is 6.85 Å². The molecule has 180 valence electrons. The molecule has 0 amide bonds. The van der Waals surface area contributed by atoms with Crippen molar-refractivity contribution in [2.45, 2.75) is 0 Å². The Balaban J connectivity index is 1.46. The van der Waals surface area contributed by atoms with E-state index in [9.17, 15) is 0 Å². The van der Waals surface area contributed by atoms with Crippen molar-refractivity contribution in [3.8, 4) is 11.1 Å². The van der Waals surface area contributed by atoms with Gasteiger partial charge in [0, 0.05) is 0 Å². The molecular weight excluding hydrogens is 478 g/mol. The molecule has 39 heavy (non-hydrogen) atoms. The lowest BCUT2D eigenvalue weighted by atomic mass is 10.0. The lowest BCUT2D eigenvalue weighted by Crippen LogP contribution is -1.88. The van der Waals surface area contributed by atoms with E-state index in [1.807, 2.05) is 36.4 Å². The summed E-state index contributed by atoms with van der Waals surface area (Å²) in [5.74, 6) is 1.40. The average molecular weight is 503 g/mol. The maximum atomic E-state index is 8.76. The van der Waals surface area contributed by atoms with Crippen molar-refractivity contribution in [1.29, 1.82) is 0 Å². The van der Waals surface area contributed by atoms with Gasteiger partial charge in [-0.15, -0.1) is 0 Å². The van der Waals surface area contributed by atoms with Gasteiger partial charge >= 0.3 is 0 Å². The van der Waals surface area contributed by atoms with Crippen molar-refractivity contribution in [2.75, 3.05) is 0 Å². The first-order valence-corrected chi connectivity index (χ1v) is 12.8.